The molecule has 1 atom stereocenters. The molecule has 0 bridgehead atoms. The molecule has 242 valence electrons. The lowest BCUT2D eigenvalue weighted by atomic mass is 9.86. The van der Waals surface area contributed by atoms with Crippen LogP contribution in [0.1, 0.15) is 12.7 Å². The number of rotatable bonds is 5. The Morgan fingerprint density at radius 1 is 0.510 bits per heavy atom. The van der Waals surface area contributed by atoms with Gasteiger partial charge in [-0.2, -0.15) is 0 Å². The summed E-state index contributed by atoms with van der Waals surface area (Å²) in [5.74, 6) is 0.979. The number of aryl methyl sites for hydroxylation is 1. The van der Waals surface area contributed by atoms with Crippen LogP contribution in [0.25, 0.3) is 71.6 Å². The molecule has 2 heterocycles. The molecule has 9 aromatic rings. The standard InChI is InChI=1S/C47H33N2OP/c1-2-44-48-40-22-13-23-42-47(40)49(44)41-29-28-34(30-43(41)51(42,50)35-16-7-4-8-17-35)31-24-26-33(27-25-31)46-38-20-11-9-18-36(38)45(32-14-5-3-6-15-32)37-19-10-12-21-39(37)46/h3-30H,2H2,1H3. The van der Waals surface area contributed by atoms with Gasteiger partial charge in [0, 0.05) is 22.3 Å². The summed E-state index contributed by atoms with van der Waals surface area (Å²) in [5.41, 5.74) is 9.82. The van der Waals surface area contributed by atoms with Crippen LogP contribution >= 0.6 is 7.14 Å². The number of fused-ring (bicyclic) bond motifs is 4. The molecular formula is C47H33N2OP. The summed E-state index contributed by atoms with van der Waals surface area (Å²) < 4.78 is 18.0. The van der Waals surface area contributed by atoms with E-state index in [9.17, 15) is 0 Å². The molecule has 0 saturated heterocycles. The first kappa shape index (κ1) is 29.9. The van der Waals surface area contributed by atoms with E-state index in [0.717, 1.165) is 56.0 Å². The minimum Gasteiger partial charge on any atom is -0.308 e. The van der Waals surface area contributed by atoms with Crippen molar-refractivity contribution < 1.29 is 4.57 Å². The second kappa shape index (κ2) is 11.5. The van der Waals surface area contributed by atoms with Crippen molar-refractivity contribution in [3.8, 4) is 39.1 Å². The Balaban J connectivity index is 1.15. The zero-order valence-corrected chi connectivity index (χ0v) is 29.0. The first-order chi connectivity index (χ1) is 25.1. The maximum atomic E-state index is 15.7. The van der Waals surface area contributed by atoms with Crippen LogP contribution in [0, 0.1) is 0 Å². The SMILES string of the molecule is CCc1nc2cccc3c2n1-c1ccc(-c2ccc(-c4c5ccccc5c(-c5ccccc5)c5ccccc45)cc2)cc1P3(=O)c1ccccc1. The summed E-state index contributed by atoms with van der Waals surface area (Å²) in [6.07, 6.45) is 0.780. The quantitative estimate of drug-likeness (QED) is 0.135. The van der Waals surface area contributed by atoms with Gasteiger partial charge in [0.2, 0.25) is 0 Å². The van der Waals surface area contributed by atoms with Gasteiger partial charge in [0.05, 0.1) is 16.7 Å². The van der Waals surface area contributed by atoms with Crippen molar-refractivity contribution in [1.82, 2.24) is 9.55 Å². The van der Waals surface area contributed by atoms with Crippen LogP contribution in [0.3, 0.4) is 0 Å². The molecular weight excluding hydrogens is 640 g/mol. The molecule has 51 heavy (non-hydrogen) atoms. The molecule has 1 aliphatic rings. The maximum absolute atomic E-state index is 15.7. The first-order valence-corrected chi connectivity index (χ1v) is 19.3. The number of aromatic nitrogens is 2. The average molecular weight is 673 g/mol. The number of hydrogen-bond donors (Lipinski definition) is 0. The molecule has 1 unspecified atom stereocenters. The zero-order valence-electron chi connectivity index (χ0n) is 28.1. The Bertz CT molecular complexity index is 2800. The zero-order chi connectivity index (χ0) is 34.1. The van der Waals surface area contributed by atoms with Crippen molar-refractivity contribution in [2.24, 2.45) is 0 Å². The maximum Gasteiger partial charge on any atom is 0.175 e. The summed E-state index contributed by atoms with van der Waals surface area (Å²) >= 11 is 0. The van der Waals surface area contributed by atoms with Crippen molar-refractivity contribution in [3.63, 3.8) is 0 Å². The van der Waals surface area contributed by atoms with E-state index in [0.29, 0.717) is 0 Å². The van der Waals surface area contributed by atoms with E-state index in [4.69, 9.17) is 4.98 Å². The summed E-state index contributed by atoms with van der Waals surface area (Å²) in [4.78, 5) is 4.99. The van der Waals surface area contributed by atoms with Crippen LogP contribution < -0.4 is 15.9 Å². The third-order valence-electron chi connectivity index (χ3n) is 10.6. The van der Waals surface area contributed by atoms with E-state index in [-0.39, 0.29) is 0 Å². The van der Waals surface area contributed by atoms with Crippen molar-refractivity contribution >= 4 is 55.6 Å². The number of para-hydroxylation sites is 1. The molecule has 0 N–H and O–H groups in total. The summed E-state index contributed by atoms with van der Waals surface area (Å²) in [7, 11) is -3.21. The van der Waals surface area contributed by atoms with Gasteiger partial charge in [0.25, 0.3) is 0 Å². The molecule has 3 nitrogen and oxygen atoms in total. The number of benzene rings is 8. The third-order valence-corrected chi connectivity index (χ3v) is 13.7. The minimum absolute atomic E-state index is 0.780. The van der Waals surface area contributed by atoms with Gasteiger partial charge in [-0.1, -0.05) is 153 Å². The molecule has 1 aromatic heterocycles. The van der Waals surface area contributed by atoms with Crippen molar-refractivity contribution in [1.29, 1.82) is 0 Å². The lowest BCUT2D eigenvalue weighted by Crippen LogP contribution is -2.33. The largest absolute Gasteiger partial charge is 0.308 e. The monoisotopic (exact) mass is 672 g/mol. The molecule has 0 spiro atoms. The molecule has 0 amide bonds. The smallest absolute Gasteiger partial charge is 0.175 e. The molecule has 8 aromatic carbocycles. The molecule has 1 aliphatic heterocycles. The molecule has 4 heteroatoms. The van der Waals surface area contributed by atoms with E-state index in [1.807, 2.05) is 48.5 Å². The highest BCUT2D eigenvalue weighted by molar-refractivity contribution is 7.86. The van der Waals surface area contributed by atoms with Gasteiger partial charge in [0.15, 0.2) is 7.14 Å². The third kappa shape index (κ3) is 4.38. The Morgan fingerprint density at radius 2 is 1.04 bits per heavy atom. The first-order valence-electron chi connectivity index (χ1n) is 17.6. The van der Waals surface area contributed by atoms with Crippen LogP contribution in [-0.4, -0.2) is 9.55 Å². The molecule has 0 saturated carbocycles. The van der Waals surface area contributed by atoms with Crippen molar-refractivity contribution in [2.75, 3.05) is 0 Å². The van der Waals surface area contributed by atoms with Gasteiger partial charge in [-0.3, -0.25) is 4.57 Å². The average Bonchev–Trinajstić information content (AvgIpc) is 3.59. The molecule has 0 aliphatic carbocycles. The highest BCUT2D eigenvalue weighted by atomic mass is 31.2. The van der Waals surface area contributed by atoms with Crippen LogP contribution in [0.2, 0.25) is 0 Å². The molecule has 10 rings (SSSR count). The molecule has 0 radical (unpaired) electrons. The predicted molar refractivity (Wildman–Crippen MR) is 215 cm³/mol. The number of hydrogen-bond acceptors (Lipinski definition) is 2. The Labute approximate surface area is 296 Å². The van der Waals surface area contributed by atoms with E-state index >= 15 is 4.57 Å². The Kier molecular flexibility index (Phi) is 6.74. The van der Waals surface area contributed by atoms with Gasteiger partial charge >= 0.3 is 0 Å². The Hall–Kier alpha value is -6.02. The number of nitrogens with zero attached hydrogens (tertiary/aromatic N) is 2. The Morgan fingerprint density at radius 3 is 1.65 bits per heavy atom. The lowest BCUT2D eigenvalue weighted by Gasteiger charge is -2.29. The molecule has 0 fully saturated rings. The van der Waals surface area contributed by atoms with Gasteiger partial charge in [-0.15, -0.1) is 0 Å². The number of imidazole rings is 1. The van der Waals surface area contributed by atoms with Gasteiger partial charge in [-0.05, 0) is 79.2 Å². The summed E-state index contributed by atoms with van der Waals surface area (Å²) in [6, 6.07) is 59.7. The predicted octanol–water partition coefficient (Wildman–Crippen LogP) is 10.8. The fraction of sp³-hybridized carbons (Fsp3) is 0.0426. The second-order valence-corrected chi connectivity index (χ2v) is 16.0. The highest BCUT2D eigenvalue weighted by Crippen LogP contribution is 2.50. The van der Waals surface area contributed by atoms with Gasteiger partial charge < -0.3 is 4.57 Å². The van der Waals surface area contributed by atoms with Gasteiger partial charge in [0.1, 0.15) is 5.82 Å². The van der Waals surface area contributed by atoms with Crippen LogP contribution in [0.5, 0.6) is 0 Å². The second-order valence-electron chi connectivity index (χ2n) is 13.3. The van der Waals surface area contributed by atoms with Crippen LogP contribution in [0.4, 0.5) is 0 Å². The summed E-state index contributed by atoms with van der Waals surface area (Å²) in [6.45, 7) is 2.13. The van der Waals surface area contributed by atoms with E-state index < -0.39 is 7.14 Å². The van der Waals surface area contributed by atoms with Crippen molar-refractivity contribution in [2.45, 2.75) is 13.3 Å². The topological polar surface area (TPSA) is 34.9 Å². The van der Waals surface area contributed by atoms with Crippen LogP contribution in [0.15, 0.2) is 170 Å². The lowest BCUT2D eigenvalue weighted by molar-refractivity contribution is 0.592. The minimum atomic E-state index is -3.21. The van der Waals surface area contributed by atoms with Crippen molar-refractivity contribution in [3.05, 3.63) is 176 Å². The van der Waals surface area contributed by atoms with Crippen LogP contribution in [-0.2, 0) is 11.0 Å². The van der Waals surface area contributed by atoms with E-state index in [1.165, 1.54) is 43.8 Å². The van der Waals surface area contributed by atoms with E-state index in [1.54, 1.807) is 0 Å². The highest BCUT2D eigenvalue weighted by Gasteiger charge is 2.39. The summed E-state index contributed by atoms with van der Waals surface area (Å²) in [5, 5.41) is 7.51. The normalized spacial score (nSPS) is 15.0. The fourth-order valence-electron chi connectivity index (χ4n) is 8.28. The fourth-order valence-corrected chi connectivity index (χ4v) is 11.3. The van der Waals surface area contributed by atoms with Gasteiger partial charge in [-0.25, -0.2) is 4.98 Å². The van der Waals surface area contributed by atoms with E-state index in [2.05, 4.69) is 133 Å².